The van der Waals surface area contributed by atoms with Gasteiger partial charge in [-0.1, -0.05) is 13.8 Å². The van der Waals surface area contributed by atoms with E-state index in [1.54, 1.807) is 7.11 Å². The molecule has 17 heavy (non-hydrogen) atoms. The van der Waals surface area contributed by atoms with Crippen LogP contribution in [0.1, 0.15) is 26.7 Å². The smallest absolute Gasteiger partial charge is 0.106 e. The lowest BCUT2D eigenvalue weighted by atomic mass is 10.0. The van der Waals surface area contributed by atoms with E-state index in [1.807, 2.05) is 0 Å². The molecule has 0 aliphatic carbocycles. The van der Waals surface area contributed by atoms with E-state index in [4.69, 9.17) is 14.2 Å². The molecule has 1 saturated heterocycles. The van der Waals surface area contributed by atoms with Crippen molar-refractivity contribution in [2.24, 2.45) is 5.92 Å². The first kappa shape index (κ1) is 14.9. The minimum atomic E-state index is -0.113. The Bertz CT molecular complexity index is 191. The first-order valence-corrected chi connectivity index (χ1v) is 6.60. The molecular formula is C13H27NO3. The molecule has 0 radical (unpaired) electrons. The Balaban J connectivity index is 1.96. The second kappa shape index (κ2) is 8.03. The number of rotatable bonds is 9. The molecule has 1 N–H and O–H groups in total. The molecule has 1 rings (SSSR count). The van der Waals surface area contributed by atoms with Crippen LogP contribution >= 0.6 is 0 Å². The summed E-state index contributed by atoms with van der Waals surface area (Å²) in [5.41, 5.74) is -0.113. The second-order valence-electron chi connectivity index (χ2n) is 5.16. The molecule has 1 unspecified atom stereocenters. The summed E-state index contributed by atoms with van der Waals surface area (Å²) in [6, 6.07) is 0. The maximum Gasteiger partial charge on any atom is 0.106 e. The standard InChI is InChI=1S/C13H27NO3/c1-12(2)4-7-16-9-6-14-10-13(15-3)5-8-17-11-13/h12,14H,4-11H2,1-3H3. The zero-order valence-electron chi connectivity index (χ0n) is 11.5. The number of ether oxygens (including phenoxy) is 3. The van der Waals surface area contributed by atoms with Crippen molar-refractivity contribution in [2.45, 2.75) is 32.3 Å². The van der Waals surface area contributed by atoms with Gasteiger partial charge in [0, 0.05) is 39.8 Å². The monoisotopic (exact) mass is 245 g/mol. The fourth-order valence-corrected chi connectivity index (χ4v) is 1.84. The van der Waals surface area contributed by atoms with Crippen LogP contribution < -0.4 is 5.32 Å². The molecule has 0 saturated carbocycles. The minimum absolute atomic E-state index is 0.113. The van der Waals surface area contributed by atoms with Gasteiger partial charge in [-0.05, 0) is 12.3 Å². The third kappa shape index (κ3) is 5.82. The van der Waals surface area contributed by atoms with E-state index in [-0.39, 0.29) is 5.60 Å². The van der Waals surface area contributed by atoms with E-state index < -0.39 is 0 Å². The lowest BCUT2D eigenvalue weighted by molar-refractivity contribution is -0.0167. The van der Waals surface area contributed by atoms with Crippen LogP contribution in [0.3, 0.4) is 0 Å². The Morgan fingerprint density at radius 1 is 1.35 bits per heavy atom. The fourth-order valence-electron chi connectivity index (χ4n) is 1.84. The van der Waals surface area contributed by atoms with Crippen molar-refractivity contribution in [1.82, 2.24) is 5.32 Å². The van der Waals surface area contributed by atoms with Crippen molar-refractivity contribution >= 4 is 0 Å². The van der Waals surface area contributed by atoms with Gasteiger partial charge >= 0.3 is 0 Å². The Labute approximate surface area is 105 Å². The third-order valence-electron chi connectivity index (χ3n) is 3.21. The SMILES string of the molecule is COC1(CNCCOCCC(C)C)CCOC1. The highest BCUT2D eigenvalue weighted by Crippen LogP contribution is 2.21. The van der Waals surface area contributed by atoms with Gasteiger partial charge in [-0.3, -0.25) is 0 Å². The van der Waals surface area contributed by atoms with E-state index in [2.05, 4.69) is 19.2 Å². The van der Waals surface area contributed by atoms with Crippen LogP contribution in [0, 0.1) is 5.92 Å². The van der Waals surface area contributed by atoms with Crippen LogP contribution in [0.5, 0.6) is 0 Å². The van der Waals surface area contributed by atoms with Crippen LogP contribution in [0.4, 0.5) is 0 Å². The molecule has 0 aromatic rings. The average molecular weight is 245 g/mol. The molecule has 0 spiro atoms. The first-order chi connectivity index (χ1) is 8.18. The summed E-state index contributed by atoms with van der Waals surface area (Å²) in [6.45, 7) is 9.28. The third-order valence-corrected chi connectivity index (χ3v) is 3.21. The maximum atomic E-state index is 5.54. The van der Waals surface area contributed by atoms with Gasteiger partial charge < -0.3 is 19.5 Å². The molecule has 1 atom stereocenters. The Morgan fingerprint density at radius 2 is 2.18 bits per heavy atom. The second-order valence-corrected chi connectivity index (χ2v) is 5.16. The van der Waals surface area contributed by atoms with Crippen LogP contribution in [-0.4, -0.2) is 52.2 Å². The predicted octanol–water partition coefficient (Wildman–Crippen LogP) is 1.44. The highest BCUT2D eigenvalue weighted by Gasteiger charge is 2.34. The molecule has 1 fully saturated rings. The molecule has 0 bridgehead atoms. The summed E-state index contributed by atoms with van der Waals surface area (Å²) in [4.78, 5) is 0. The molecule has 102 valence electrons. The first-order valence-electron chi connectivity index (χ1n) is 6.60. The maximum absolute atomic E-state index is 5.54. The average Bonchev–Trinajstić information content (AvgIpc) is 2.77. The summed E-state index contributed by atoms with van der Waals surface area (Å²) in [5, 5.41) is 3.38. The van der Waals surface area contributed by atoms with Gasteiger partial charge in [0.15, 0.2) is 0 Å². The summed E-state index contributed by atoms with van der Waals surface area (Å²) in [6.07, 6.45) is 2.11. The van der Waals surface area contributed by atoms with E-state index in [1.165, 1.54) is 0 Å². The molecular weight excluding hydrogens is 218 g/mol. The van der Waals surface area contributed by atoms with E-state index in [0.717, 1.165) is 51.7 Å². The summed E-state index contributed by atoms with van der Waals surface area (Å²) in [7, 11) is 1.76. The molecule has 0 aromatic heterocycles. The van der Waals surface area contributed by atoms with Gasteiger partial charge in [-0.25, -0.2) is 0 Å². The Morgan fingerprint density at radius 3 is 2.76 bits per heavy atom. The highest BCUT2D eigenvalue weighted by molar-refractivity contribution is 4.86. The van der Waals surface area contributed by atoms with Crippen LogP contribution in [-0.2, 0) is 14.2 Å². The minimum Gasteiger partial charge on any atom is -0.380 e. The number of methoxy groups -OCH3 is 1. The number of hydrogen-bond donors (Lipinski definition) is 1. The fraction of sp³-hybridized carbons (Fsp3) is 1.00. The van der Waals surface area contributed by atoms with Gasteiger partial charge in [-0.2, -0.15) is 0 Å². The molecule has 1 aliphatic rings. The van der Waals surface area contributed by atoms with Gasteiger partial charge in [0.1, 0.15) is 5.60 Å². The van der Waals surface area contributed by atoms with Crippen molar-refractivity contribution < 1.29 is 14.2 Å². The van der Waals surface area contributed by atoms with Crippen molar-refractivity contribution in [3.05, 3.63) is 0 Å². The summed E-state index contributed by atoms with van der Waals surface area (Å²) < 4.78 is 16.4. The molecule has 0 aromatic carbocycles. The van der Waals surface area contributed by atoms with Crippen molar-refractivity contribution in [3.8, 4) is 0 Å². The van der Waals surface area contributed by atoms with Crippen molar-refractivity contribution in [3.63, 3.8) is 0 Å². The molecule has 1 heterocycles. The van der Waals surface area contributed by atoms with Crippen LogP contribution in [0.2, 0.25) is 0 Å². The highest BCUT2D eigenvalue weighted by atomic mass is 16.5. The summed E-state index contributed by atoms with van der Waals surface area (Å²) >= 11 is 0. The van der Waals surface area contributed by atoms with E-state index >= 15 is 0 Å². The topological polar surface area (TPSA) is 39.7 Å². The molecule has 1 aliphatic heterocycles. The van der Waals surface area contributed by atoms with Gasteiger partial charge in [0.25, 0.3) is 0 Å². The lowest BCUT2D eigenvalue weighted by Crippen LogP contribution is -2.43. The molecule has 4 nitrogen and oxygen atoms in total. The van der Waals surface area contributed by atoms with E-state index in [9.17, 15) is 0 Å². The van der Waals surface area contributed by atoms with Crippen molar-refractivity contribution in [2.75, 3.05) is 46.6 Å². The van der Waals surface area contributed by atoms with Crippen LogP contribution in [0.15, 0.2) is 0 Å². The molecule has 0 amide bonds. The van der Waals surface area contributed by atoms with Gasteiger partial charge in [0.05, 0.1) is 13.2 Å². The van der Waals surface area contributed by atoms with Crippen LogP contribution in [0.25, 0.3) is 0 Å². The number of hydrogen-bond acceptors (Lipinski definition) is 4. The van der Waals surface area contributed by atoms with E-state index in [0.29, 0.717) is 6.61 Å². The quantitative estimate of drug-likeness (QED) is 0.624. The normalized spacial score (nSPS) is 24.7. The predicted molar refractivity (Wildman–Crippen MR) is 68.3 cm³/mol. The lowest BCUT2D eigenvalue weighted by Gasteiger charge is -2.26. The molecule has 4 heteroatoms. The number of nitrogens with one attached hydrogen (secondary N) is 1. The summed E-state index contributed by atoms with van der Waals surface area (Å²) in [5.74, 6) is 0.718. The zero-order valence-corrected chi connectivity index (χ0v) is 11.5. The zero-order chi connectivity index (χ0) is 12.6. The largest absolute Gasteiger partial charge is 0.380 e. The Hall–Kier alpha value is -0.160. The van der Waals surface area contributed by atoms with Gasteiger partial charge in [0.2, 0.25) is 0 Å². The van der Waals surface area contributed by atoms with Crippen molar-refractivity contribution in [1.29, 1.82) is 0 Å². The van der Waals surface area contributed by atoms with Gasteiger partial charge in [-0.15, -0.1) is 0 Å². The Kier molecular flexibility index (Phi) is 7.04.